The molecule has 0 bridgehead atoms. The zero-order chi connectivity index (χ0) is 10.4. The van der Waals surface area contributed by atoms with Crippen LogP contribution in [0.4, 0.5) is 5.69 Å². The summed E-state index contributed by atoms with van der Waals surface area (Å²) in [6, 6.07) is 0. The number of aliphatic hydroxyl groups is 1. The first kappa shape index (κ1) is 11.0. The molecule has 0 radical (unpaired) electrons. The summed E-state index contributed by atoms with van der Waals surface area (Å²) in [6.45, 7) is 6.06. The van der Waals surface area contributed by atoms with Crippen LogP contribution in [0, 0.1) is 5.92 Å². The highest BCUT2D eigenvalue weighted by atomic mass is 16.3. The van der Waals surface area contributed by atoms with Crippen LogP contribution < -0.4 is 5.32 Å². The van der Waals surface area contributed by atoms with Crippen molar-refractivity contribution in [2.45, 2.75) is 26.8 Å². The van der Waals surface area contributed by atoms with Crippen molar-refractivity contribution in [3.05, 3.63) is 12.4 Å². The minimum Gasteiger partial charge on any atom is -0.394 e. The van der Waals surface area contributed by atoms with Crippen LogP contribution >= 0.6 is 0 Å². The van der Waals surface area contributed by atoms with Crippen molar-refractivity contribution in [2.24, 2.45) is 5.92 Å². The zero-order valence-corrected chi connectivity index (χ0v) is 8.90. The molecule has 0 fully saturated rings. The Morgan fingerprint density at radius 2 is 2.43 bits per heavy atom. The Morgan fingerprint density at radius 3 is 3.07 bits per heavy atom. The molecular weight excluding hydrogens is 178 g/mol. The predicted octanol–water partition coefficient (Wildman–Crippen LogP) is 1.33. The van der Waals surface area contributed by atoms with Crippen LogP contribution in [0.2, 0.25) is 0 Å². The number of rotatable bonds is 6. The molecule has 80 valence electrons. The molecule has 4 nitrogen and oxygen atoms in total. The molecule has 0 aliphatic carbocycles. The fraction of sp³-hybridized carbons (Fsp3) is 0.700. The van der Waals surface area contributed by atoms with Crippen LogP contribution in [0.15, 0.2) is 12.4 Å². The van der Waals surface area contributed by atoms with Crippen molar-refractivity contribution in [2.75, 3.05) is 18.5 Å². The van der Waals surface area contributed by atoms with Crippen molar-refractivity contribution in [3.63, 3.8) is 0 Å². The van der Waals surface area contributed by atoms with Gasteiger partial charge in [-0.05, 0) is 5.92 Å². The molecule has 1 aromatic heterocycles. The van der Waals surface area contributed by atoms with Crippen molar-refractivity contribution < 1.29 is 5.11 Å². The van der Waals surface area contributed by atoms with Gasteiger partial charge >= 0.3 is 0 Å². The molecule has 14 heavy (non-hydrogen) atoms. The Kier molecular flexibility index (Phi) is 4.46. The molecule has 2 N–H and O–H groups in total. The third kappa shape index (κ3) is 3.38. The molecule has 0 aliphatic heterocycles. The van der Waals surface area contributed by atoms with Gasteiger partial charge in [-0.1, -0.05) is 20.3 Å². The van der Waals surface area contributed by atoms with E-state index >= 15 is 0 Å². The first-order valence-corrected chi connectivity index (χ1v) is 5.13. The maximum Gasteiger partial charge on any atom is 0.0726 e. The average molecular weight is 197 g/mol. The molecule has 0 saturated carbocycles. The molecule has 1 aromatic rings. The smallest absolute Gasteiger partial charge is 0.0726 e. The number of hydrogen-bond donors (Lipinski definition) is 2. The normalized spacial score (nSPS) is 12.8. The summed E-state index contributed by atoms with van der Waals surface area (Å²) in [5, 5.41) is 16.1. The summed E-state index contributed by atoms with van der Waals surface area (Å²) in [5.74, 6) is 0.677. The van der Waals surface area contributed by atoms with Gasteiger partial charge in [-0.2, -0.15) is 5.10 Å². The number of aromatic nitrogens is 2. The van der Waals surface area contributed by atoms with Crippen LogP contribution in [-0.4, -0.2) is 28.0 Å². The highest BCUT2D eigenvalue weighted by molar-refractivity contribution is 5.37. The Bertz CT molecular complexity index is 260. The van der Waals surface area contributed by atoms with Gasteiger partial charge in [0.1, 0.15) is 0 Å². The molecule has 0 aliphatic rings. The van der Waals surface area contributed by atoms with Crippen molar-refractivity contribution in [1.82, 2.24) is 9.78 Å². The van der Waals surface area contributed by atoms with Gasteiger partial charge in [-0.3, -0.25) is 4.68 Å². The Balaban J connectivity index is 2.35. The van der Waals surface area contributed by atoms with Gasteiger partial charge in [0.2, 0.25) is 0 Å². The van der Waals surface area contributed by atoms with E-state index < -0.39 is 0 Å². The highest BCUT2D eigenvalue weighted by Crippen LogP contribution is 2.07. The zero-order valence-electron chi connectivity index (χ0n) is 8.90. The second-order valence-corrected chi connectivity index (χ2v) is 3.61. The van der Waals surface area contributed by atoms with Crippen LogP contribution in [0.25, 0.3) is 0 Å². The second-order valence-electron chi connectivity index (χ2n) is 3.61. The van der Waals surface area contributed by atoms with Crippen LogP contribution in [0.5, 0.6) is 0 Å². The predicted molar refractivity (Wildman–Crippen MR) is 57.3 cm³/mol. The van der Waals surface area contributed by atoms with Gasteiger partial charge in [-0.25, -0.2) is 0 Å². The Labute approximate surface area is 84.9 Å². The number of nitrogens with zero attached hydrogens (tertiary/aromatic N) is 2. The molecule has 1 rings (SSSR count). The molecule has 0 aromatic carbocycles. The Hall–Kier alpha value is -1.03. The van der Waals surface area contributed by atoms with Crippen molar-refractivity contribution in [1.29, 1.82) is 0 Å². The van der Waals surface area contributed by atoms with E-state index in [0.29, 0.717) is 12.5 Å². The molecule has 0 amide bonds. The standard InChI is InChI=1S/C10H19N3O/c1-3-9(2)6-11-10-7-12-13(8-10)4-5-14/h7-9,11,14H,3-6H2,1-2H3. The fourth-order valence-corrected chi connectivity index (χ4v) is 1.12. The van der Waals surface area contributed by atoms with Crippen LogP contribution in [-0.2, 0) is 6.54 Å². The van der Waals surface area contributed by atoms with E-state index in [1.165, 1.54) is 6.42 Å². The fourth-order valence-electron chi connectivity index (χ4n) is 1.12. The second kappa shape index (κ2) is 5.65. The van der Waals surface area contributed by atoms with Gasteiger partial charge in [0.15, 0.2) is 0 Å². The van der Waals surface area contributed by atoms with E-state index in [1.807, 2.05) is 6.20 Å². The molecule has 4 heteroatoms. The van der Waals surface area contributed by atoms with Gasteiger partial charge in [0, 0.05) is 12.7 Å². The molecule has 0 saturated heterocycles. The minimum absolute atomic E-state index is 0.131. The first-order chi connectivity index (χ1) is 6.76. The SMILES string of the molecule is CCC(C)CNc1cnn(CCO)c1. The van der Waals surface area contributed by atoms with Gasteiger partial charge in [-0.15, -0.1) is 0 Å². The maximum atomic E-state index is 8.70. The lowest BCUT2D eigenvalue weighted by Gasteiger charge is -2.08. The van der Waals surface area contributed by atoms with Crippen LogP contribution in [0.1, 0.15) is 20.3 Å². The molecule has 0 spiro atoms. The topological polar surface area (TPSA) is 50.1 Å². The van der Waals surface area contributed by atoms with Gasteiger partial charge in [0.05, 0.1) is 25.0 Å². The maximum absolute atomic E-state index is 8.70. The third-order valence-corrected chi connectivity index (χ3v) is 2.31. The molecule has 1 atom stereocenters. The monoisotopic (exact) mass is 197 g/mol. The van der Waals surface area contributed by atoms with E-state index in [2.05, 4.69) is 24.3 Å². The summed E-state index contributed by atoms with van der Waals surface area (Å²) in [5.41, 5.74) is 1.03. The van der Waals surface area contributed by atoms with Crippen molar-refractivity contribution in [3.8, 4) is 0 Å². The van der Waals surface area contributed by atoms with E-state index in [0.717, 1.165) is 12.2 Å². The Morgan fingerprint density at radius 1 is 1.64 bits per heavy atom. The van der Waals surface area contributed by atoms with Crippen molar-refractivity contribution >= 4 is 5.69 Å². The summed E-state index contributed by atoms with van der Waals surface area (Å²) in [6.07, 6.45) is 4.88. The molecular formula is C10H19N3O. The lowest BCUT2D eigenvalue weighted by atomic mass is 10.1. The number of anilines is 1. The van der Waals surface area contributed by atoms with E-state index in [-0.39, 0.29) is 6.61 Å². The quantitative estimate of drug-likeness (QED) is 0.723. The summed E-state index contributed by atoms with van der Waals surface area (Å²) in [7, 11) is 0. The van der Waals surface area contributed by atoms with E-state index in [4.69, 9.17) is 5.11 Å². The first-order valence-electron chi connectivity index (χ1n) is 5.13. The average Bonchev–Trinajstić information content (AvgIpc) is 2.63. The summed E-state index contributed by atoms with van der Waals surface area (Å²) in [4.78, 5) is 0. The molecule has 1 unspecified atom stereocenters. The molecule has 1 heterocycles. The van der Waals surface area contributed by atoms with E-state index in [9.17, 15) is 0 Å². The third-order valence-electron chi connectivity index (χ3n) is 2.31. The van der Waals surface area contributed by atoms with Gasteiger partial charge < -0.3 is 10.4 Å². The summed E-state index contributed by atoms with van der Waals surface area (Å²) >= 11 is 0. The van der Waals surface area contributed by atoms with Gasteiger partial charge in [0.25, 0.3) is 0 Å². The number of nitrogens with one attached hydrogen (secondary N) is 1. The minimum atomic E-state index is 0.131. The lowest BCUT2D eigenvalue weighted by Crippen LogP contribution is -2.09. The largest absolute Gasteiger partial charge is 0.394 e. The lowest BCUT2D eigenvalue weighted by molar-refractivity contribution is 0.269. The van der Waals surface area contributed by atoms with E-state index in [1.54, 1.807) is 10.9 Å². The summed E-state index contributed by atoms with van der Waals surface area (Å²) < 4.78 is 1.74. The number of hydrogen-bond acceptors (Lipinski definition) is 3. The van der Waals surface area contributed by atoms with Crippen LogP contribution in [0.3, 0.4) is 0 Å². The highest BCUT2D eigenvalue weighted by Gasteiger charge is 2.00. The number of aliphatic hydroxyl groups excluding tert-OH is 1.